The summed E-state index contributed by atoms with van der Waals surface area (Å²) >= 11 is 0. The van der Waals surface area contributed by atoms with E-state index in [0.29, 0.717) is 18.0 Å². The van der Waals surface area contributed by atoms with Crippen LogP contribution in [0.3, 0.4) is 0 Å². The second kappa shape index (κ2) is 9.59. The van der Waals surface area contributed by atoms with Gasteiger partial charge in [-0.15, -0.1) is 0 Å². The van der Waals surface area contributed by atoms with Crippen molar-refractivity contribution in [3.8, 4) is 5.75 Å². The number of halogens is 1. The number of hydrogen-bond donors (Lipinski definition) is 1. The van der Waals surface area contributed by atoms with Gasteiger partial charge in [0.1, 0.15) is 17.6 Å². The lowest BCUT2D eigenvalue weighted by atomic mass is 10.1. The molecule has 1 aliphatic rings. The zero-order valence-corrected chi connectivity index (χ0v) is 17.8. The molecule has 8 heteroatoms. The summed E-state index contributed by atoms with van der Waals surface area (Å²) in [5.74, 6) is -0.660. The van der Waals surface area contributed by atoms with E-state index in [-0.39, 0.29) is 24.1 Å². The first-order valence-corrected chi connectivity index (χ1v) is 10.3. The highest BCUT2D eigenvalue weighted by molar-refractivity contribution is 6.22. The third kappa shape index (κ3) is 5.02. The number of rotatable bonds is 8. The molecule has 1 aliphatic heterocycles. The summed E-state index contributed by atoms with van der Waals surface area (Å²) in [5.41, 5.74) is 0.838. The highest BCUT2D eigenvalue weighted by Gasteiger charge is 2.47. The number of urea groups is 1. The third-order valence-electron chi connectivity index (χ3n) is 4.88. The Morgan fingerprint density at radius 1 is 1.10 bits per heavy atom. The van der Waals surface area contributed by atoms with E-state index in [2.05, 4.69) is 5.32 Å². The van der Waals surface area contributed by atoms with Gasteiger partial charge in [-0.1, -0.05) is 6.92 Å². The van der Waals surface area contributed by atoms with Crippen LogP contribution in [0, 0.1) is 5.82 Å². The Balaban J connectivity index is 1.72. The second-order valence-corrected chi connectivity index (χ2v) is 7.57. The first-order chi connectivity index (χ1) is 14.8. The number of imide groups is 1. The number of benzene rings is 2. The van der Waals surface area contributed by atoms with Gasteiger partial charge in [0.15, 0.2) is 0 Å². The highest BCUT2D eigenvalue weighted by Crippen LogP contribution is 2.29. The fraction of sp³-hybridized carbons (Fsp3) is 0.348. The van der Waals surface area contributed by atoms with Crippen molar-refractivity contribution in [1.82, 2.24) is 4.90 Å². The normalized spacial score (nSPS) is 16.2. The van der Waals surface area contributed by atoms with Crippen LogP contribution < -0.4 is 15.0 Å². The average molecular weight is 427 g/mol. The van der Waals surface area contributed by atoms with Crippen LogP contribution in [0.2, 0.25) is 0 Å². The highest BCUT2D eigenvalue weighted by atomic mass is 19.1. The molecule has 0 spiro atoms. The fourth-order valence-electron chi connectivity index (χ4n) is 3.45. The molecule has 0 radical (unpaired) electrons. The van der Waals surface area contributed by atoms with E-state index < -0.39 is 23.8 Å². The van der Waals surface area contributed by atoms with Crippen LogP contribution in [-0.4, -0.2) is 41.4 Å². The average Bonchev–Trinajstić information content (AvgIpc) is 2.98. The Morgan fingerprint density at radius 3 is 2.32 bits per heavy atom. The Bertz CT molecular complexity index is 944. The molecule has 1 N–H and O–H groups in total. The van der Waals surface area contributed by atoms with Crippen LogP contribution in [0.15, 0.2) is 48.5 Å². The van der Waals surface area contributed by atoms with Crippen molar-refractivity contribution >= 4 is 29.2 Å². The Labute approximate surface area is 180 Å². The van der Waals surface area contributed by atoms with Gasteiger partial charge in [0.2, 0.25) is 5.91 Å². The fourth-order valence-corrected chi connectivity index (χ4v) is 3.45. The summed E-state index contributed by atoms with van der Waals surface area (Å²) in [6, 6.07) is 10.3. The molecule has 7 nitrogen and oxygen atoms in total. The number of ether oxygens (including phenoxy) is 1. The molecule has 31 heavy (non-hydrogen) atoms. The number of hydrogen-bond acceptors (Lipinski definition) is 4. The van der Waals surface area contributed by atoms with Gasteiger partial charge in [-0.05, 0) is 68.8 Å². The maximum atomic E-state index is 13.3. The van der Waals surface area contributed by atoms with Crippen molar-refractivity contribution in [1.29, 1.82) is 0 Å². The summed E-state index contributed by atoms with van der Waals surface area (Å²) in [6.07, 6.45) is 0.711. The second-order valence-electron chi connectivity index (χ2n) is 7.57. The van der Waals surface area contributed by atoms with E-state index >= 15 is 0 Å². The van der Waals surface area contributed by atoms with Gasteiger partial charge in [0, 0.05) is 11.7 Å². The topological polar surface area (TPSA) is 79.0 Å². The van der Waals surface area contributed by atoms with Gasteiger partial charge in [0.25, 0.3) is 5.91 Å². The van der Waals surface area contributed by atoms with Crippen molar-refractivity contribution in [2.45, 2.75) is 45.7 Å². The zero-order chi connectivity index (χ0) is 22.5. The van der Waals surface area contributed by atoms with Crippen molar-refractivity contribution in [3.05, 3.63) is 54.3 Å². The van der Waals surface area contributed by atoms with Gasteiger partial charge in [0.05, 0.1) is 18.7 Å². The minimum absolute atomic E-state index is 0.186. The van der Waals surface area contributed by atoms with E-state index in [1.165, 1.54) is 29.2 Å². The molecule has 1 atom stereocenters. The minimum Gasteiger partial charge on any atom is -0.494 e. The largest absolute Gasteiger partial charge is 0.494 e. The molecule has 164 valence electrons. The molecule has 0 bridgehead atoms. The maximum absolute atomic E-state index is 13.3. The summed E-state index contributed by atoms with van der Waals surface area (Å²) < 4.78 is 18.8. The minimum atomic E-state index is -0.940. The van der Waals surface area contributed by atoms with Crippen molar-refractivity contribution in [2.24, 2.45) is 0 Å². The van der Waals surface area contributed by atoms with E-state index in [1.807, 2.05) is 6.92 Å². The number of carbonyl (C=O) groups excluding carboxylic acids is 3. The van der Waals surface area contributed by atoms with Gasteiger partial charge in [-0.2, -0.15) is 0 Å². The first kappa shape index (κ1) is 22.3. The van der Waals surface area contributed by atoms with Crippen LogP contribution in [0.25, 0.3) is 0 Å². The predicted octanol–water partition coefficient (Wildman–Crippen LogP) is 4.19. The Kier molecular flexibility index (Phi) is 6.89. The van der Waals surface area contributed by atoms with Gasteiger partial charge in [-0.25, -0.2) is 14.1 Å². The number of nitrogens with zero attached hydrogens (tertiary/aromatic N) is 2. The number of carbonyl (C=O) groups is 3. The lowest BCUT2D eigenvalue weighted by Crippen LogP contribution is -2.42. The third-order valence-corrected chi connectivity index (χ3v) is 4.88. The van der Waals surface area contributed by atoms with E-state index in [4.69, 9.17) is 4.74 Å². The SMILES string of the molecule is CCCOc1ccc(NC(=O)C[C@@H]2C(=O)N(c3ccc(F)cc3)C(=O)N2C(C)C)cc1. The maximum Gasteiger partial charge on any atom is 0.332 e. The summed E-state index contributed by atoms with van der Waals surface area (Å²) in [4.78, 5) is 40.9. The molecule has 4 amide bonds. The first-order valence-electron chi connectivity index (χ1n) is 10.3. The molecule has 0 aliphatic carbocycles. The monoisotopic (exact) mass is 427 g/mol. The van der Waals surface area contributed by atoms with Crippen molar-refractivity contribution < 1.29 is 23.5 Å². The smallest absolute Gasteiger partial charge is 0.332 e. The van der Waals surface area contributed by atoms with Gasteiger partial charge < -0.3 is 15.0 Å². The summed E-state index contributed by atoms with van der Waals surface area (Å²) in [5, 5.41) is 2.76. The number of nitrogens with one attached hydrogen (secondary N) is 1. The van der Waals surface area contributed by atoms with E-state index in [1.54, 1.807) is 38.1 Å². The standard InChI is InChI=1S/C23H26FN3O4/c1-4-13-31-19-11-7-17(8-12-19)25-21(28)14-20-22(29)27(23(30)26(20)15(2)3)18-9-5-16(24)6-10-18/h5-12,15,20H,4,13-14H2,1-3H3,(H,25,28)/t20-/m1/s1. The molecule has 2 aromatic carbocycles. The number of anilines is 2. The summed E-state index contributed by atoms with van der Waals surface area (Å²) in [7, 11) is 0. The molecule has 2 aromatic rings. The van der Waals surface area contributed by atoms with Gasteiger partial charge in [-0.3, -0.25) is 9.59 Å². The van der Waals surface area contributed by atoms with Crippen LogP contribution in [-0.2, 0) is 9.59 Å². The molecule has 1 heterocycles. The lowest BCUT2D eigenvalue weighted by Gasteiger charge is -2.25. The summed E-state index contributed by atoms with van der Waals surface area (Å²) in [6.45, 7) is 6.18. The van der Waals surface area contributed by atoms with Gasteiger partial charge >= 0.3 is 6.03 Å². The predicted molar refractivity (Wildman–Crippen MR) is 116 cm³/mol. The van der Waals surface area contributed by atoms with E-state index in [9.17, 15) is 18.8 Å². The molecule has 0 saturated carbocycles. The molecule has 0 unspecified atom stereocenters. The quantitative estimate of drug-likeness (QED) is 0.641. The molecule has 0 aromatic heterocycles. The Hall–Kier alpha value is -3.42. The molecular weight excluding hydrogens is 401 g/mol. The molecule has 1 fully saturated rings. The van der Waals surface area contributed by atoms with Crippen LogP contribution in [0.5, 0.6) is 5.75 Å². The molecule has 3 rings (SSSR count). The van der Waals surface area contributed by atoms with Crippen LogP contribution >= 0.6 is 0 Å². The van der Waals surface area contributed by atoms with Crippen LogP contribution in [0.1, 0.15) is 33.6 Å². The lowest BCUT2D eigenvalue weighted by molar-refractivity contribution is -0.124. The van der Waals surface area contributed by atoms with Crippen molar-refractivity contribution in [3.63, 3.8) is 0 Å². The Morgan fingerprint density at radius 2 is 1.74 bits per heavy atom. The molecular formula is C23H26FN3O4. The number of amides is 4. The molecule has 1 saturated heterocycles. The zero-order valence-electron chi connectivity index (χ0n) is 17.8. The van der Waals surface area contributed by atoms with Crippen LogP contribution in [0.4, 0.5) is 20.6 Å². The van der Waals surface area contributed by atoms with Crippen molar-refractivity contribution in [2.75, 3.05) is 16.8 Å². The van der Waals surface area contributed by atoms with E-state index in [0.717, 1.165) is 11.3 Å².